The molecule has 0 atom stereocenters. The van der Waals surface area contributed by atoms with Crippen LogP contribution in [-0.4, -0.2) is 11.7 Å². The summed E-state index contributed by atoms with van der Waals surface area (Å²) in [6.07, 6.45) is 1.61. The fraction of sp³-hybridized carbons (Fsp3) is 0.500. The minimum Gasteiger partial charge on any atom is -0.363 e. The molecule has 0 aromatic rings. The zero-order valence-corrected chi connectivity index (χ0v) is 8.01. The van der Waals surface area contributed by atoms with Gasteiger partial charge < -0.3 is 11.2 Å². The van der Waals surface area contributed by atoms with Gasteiger partial charge in [0.15, 0.2) is 0 Å². The number of rotatable bonds is 1. The number of nitrogens with two attached hydrogens (primary N) is 1. The van der Waals surface area contributed by atoms with Crippen LogP contribution in [-0.2, 0) is 4.79 Å². The standard InChI is InChI=1S/C8H14N4O/c1-8(2,3)5-4-10-7(6(9)13)12-11-5/h4,11H,1-3H3,(H2,9,13)(H,10,12). The van der Waals surface area contributed by atoms with Crippen molar-refractivity contribution in [3.05, 3.63) is 11.9 Å². The van der Waals surface area contributed by atoms with Gasteiger partial charge in [0, 0.05) is 5.41 Å². The van der Waals surface area contributed by atoms with Crippen molar-refractivity contribution in [2.75, 3.05) is 0 Å². The molecule has 0 aliphatic carbocycles. The molecular formula is C8H14N4O. The van der Waals surface area contributed by atoms with E-state index in [1.807, 2.05) is 20.8 Å². The number of carbonyl (C=O) groups is 1. The first kappa shape index (κ1) is 9.57. The van der Waals surface area contributed by atoms with Gasteiger partial charge in [-0.05, 0) is 0 Å². The maximum absolute atomic E-state index is 10.7. The summed E-state index contributed by atoms with van der Waals surface area (Å²) in [4.78, 5) is 14.6. The highest BCUT2D eigenvalue weighted by Crippen LogP contribution is 2.22. The molecule has 1 aliphatic rings. The monoisotopic (exact) mass is 182 g/mol. The number of amidine groups is 1. The molecule has 72 valence electrons. The Morgan fingerprint density at radius 2 is 2.08 bits per heavy atom. The smallest absolute Gasteiger partial charge is 0.285 e. The summed E-state index contributed by atoms with van der Waals surface area (Å²) in [5.41, 5.74) is 11.4. The van der Waals surface area contributed by atoms with Crippen LogP contribution in [0.15, 0.2) is 16.9 Å². The average molecular weight is 182 g/mol. The molecule has 1 amide bonds. The lowest BCUT2D eigenvalue weighted by Crippen LogP contribution is -2.47. The van der Waals surface area contributed by atoms with E-state index in [0.29, 0.717) is 0 Å². The van der Waals surface area contributed by atoms with Gasteiger partial charge in [0.25, 0.3) is 5.91 Å². The number of hydrogen-bond donors (Lipinski definition) is 3. The summed E-state index contributed by atoms with van der Waals surface area (Å²) < 4.78 is 0. The first-order valence-corrected chi connectivity index (χ1v) is 4.01. The molecular weight excluding hydrogens is 168 g/mol. The number of allylic oxidation sites excluding steroid dienone is 1. The van der Waals surface area contributed by atoms with Gasteiger partial charge in [-0.3, -0.25) is 10.2 Å². The molecule has 5 heteroatoms. The Morgan fingerprint density at radius 1 is 1.46 bits per heavy atom. The maximum atomic E-state index is 10.7. The Kier molecular flexibility index (Phi) is 2.27. The van der Waals surface area contributed by atoms with Crippen LogP contribution >= 0.6 is 0 Å². The number of amides is 1. The molecule has 0 spiro atoms. The quantitative estimate of drug-likeness (QED) is 0.528. The molecule has 1 rings (SSSR count). The molecule has 0 saturated heterocycles. The predicted octanol–water partition coefficient (Wildman–Crippen LogP) is -0.135. The Morgan fingerprint density at radius 3 is 2.38 bits per heavy atom. The number of nitrogens with one attached hydrogen (secondary N) is 2. The van der Waals surface area contributed by atoms with Crippen LogP contribution in [0.25, 0.3) is 0 Å². The summed E-state index contributed by atoms with van der Waals surface area (Å²) in [6, 6.07) is 0. The SMILES string of the molecule is CC(C)(C)C1=CN=C(C(N)=O)NN1. The van der Waals surface area contributed by atoms with E-state index in [0.717, 1.165) is 5.70 Å². The number of aliphatic imine (C=N–C) groups is 1. The van der Waals surface area contributed by atoms with Crippen molar-refractivity contribution in [1.82, 2.24) is 10.9 Å². The molecule has 5 nitrogen and oxygen atoms in total. The topological polar surface area (TPSA) is 79.5 Å². The lowest BCUT2D eigenvalue weighted by atomic mass is 9.93. The molecule has 0 bridgehead atoms. The molecule has 0 saturated carbocycles. The van der Waals surface area contributed by atoms with Gasteiger partial charge in [-0.2, -0.15) is 0 Å². The Bertz CT molecular complexity index is 285. The van der Waals surface area contributed by atoms with Crippen LogP contribution in [0.2, 0.25) is 0 Å². The lowest BCUT2D eigenvalue weighted by molar-refractivity contribution is -0.112. The van der Waals surface area contributed by atoms with Gasteiger partial charge >= 0.3 is 0 Å². The van der Waals surface area contributed by atoms with Crippen LogP contribution in [0, 0.1) is 5.41 Å². The van der Waals surface area contributed by atoms with E-state index in [9.17, 15) is 4.79 Å². The van der Waals surface area contributed by atoms with E-state index >= 15 is 0 Å². The Hall–Kier alpha value is -1.52. The Labute approximate surface area is 77.1 Å². The third-order valence-corrected chi connectivity index (χ3v) is 1.68. The predicted molar refractivity (Wildman–Crippen MR) is 50.4 cm³/mol. The molecule has 1 aliphatic heterocycles. The van der Waals surface area contributed by atoms with Crippen molar-refractivity contribution < 1.29 is 4.79 Å². The van der Waals surface area contributed by atoms with Crippen LogP contribution < -0.4 is 16.6 Å². The van der Waals surface area contributed by atoms with E-state index < -0.39 is 5.91 Å². The molecule has 0 aromatic heterocycles. The molecule has 0 radical (unpaired) electrons. The van der Waals surface area contributed by atoms with Gasteiger partial charge in [0.1, 0.15) is 0 Å². The van der Waals surface area contributed by atoms with Gasteiger partial charge in [-0.25, -0.2) is 4.99 Å². The summed E-state index contributed by atoms with van der Waals surface area (Å²) in [5, 5.41) is 0. The van der Waals surface area contributed by atoms with Crippen LogP contribution in [0.4, 0.5) is 0 Å². The molecule has 0 aromatic carbocycles. The summed E-state index contributed by atoms with van der Waals surface area (Å²) in [6.45, 7) is 6.12. The lowest BCUT2D eigenvalue weighted by Gasteiger charge is -2.26. The van der Waals surface area contributed by atoms with E-state index in [4.69, 9.17) is 5.73 Å². The third kappa shape index (κ3) is 2.21. The number of nitrogens with zero attached hydrogens (tertiary/aromatic N) is 1. The fourth-order valence-electron chi connectivity index (χ4n) is 0.827. The largest absolute Gasteiger partial charge is 0.363 e. The normalized spacial score (nSPS) is 16.5. The highest BCUT2D eigenvalue weighted by molar-refractivity contribution is 6.37. The van der Waals surface area contributed by atoms with Crippen molar-refractivity contribution >= 4 is 11.7 Å². The zero-order valence-electron chi connectivity index (χ0n) is 8.01. The number of hydrogen-bond acceptors (Lipinski definition) is 4. The molecule has 0 unspecified atom stereocenters. The number of primary amides is 1. The molecule has 1 heterocycles. The second-order valence-electron chi connectivity index (χ2n) is 3.88. The summed E-state index contributed by atoms with van der Waals surface area (Å²) in [7, 11) is 0. The fourth-order valence-corrected chi connectivity index (χ4v) is 0.827. The van der Waals surface area contributed by atoms with Crippen LogP contribution in [0.3, 0.4) is 0 Å². The Balaban J connectivity index is 2.82. The minimum atomic E-state index is -0.572. The van der Waals surface area contributed by atoms with Crippen molar-refractivity contribution in [2.24, 2.45) is 16.1 Å². The van der Waals surface area contributed by atoms with Gasteiger partial charge in [0.05, 0.1) is 11.9 Å². The average Bonchev–Trinajstić information content (AvgIpc) is 2.03. The van der Waals surface area contributed by atoms with Gasteiger partial charge in [-0.15, -0.1) is 0 Å². The first-order chi connectivity index (χ1) is 5.91. The third-order valence-electron chi connectivity index (χ3n) is 1.68. The highest BCUT2D eigenvalue weighted by atomic mass is 16.1. The second kappa shape index (κ2) is 3.08. The van der Waals surface area contributed by atoms with E-state index in [2.05, 4.69) is 15.8 Å². The molecule has 13 heavy (non-hydrogen) atoms. The maximum Gasteiger partial charge on any atom is 0.285 e. The van der Waals surface area contributed by atoms with E-state index in [-0.39, 0.29) is 11.3 Å². The zero-order chi connectivity index (χ0) is 10.1. The highest BCUT2D eigenvalue weighted by Gasteiger charge is 2.20. The van der Waals surface area contributed by atoms with Crippen molar-refractivity contribution in [1.29, 1.82) is 0 Å². The summed E-state index contributed by atoms with van der Waals surface area (Å²) in [5.74, 6) is -0.440. The number of carbonyl (C=O) groups excluding carboxylic acids is 1. The van der Waals surface area contributed by atoms with E-state index in [1.54, 1.807) is 6.20 Å². The molecule has 0 fully saturated rings. The van der Waals surface area contributed by atoms with E-state index in [1.165, 1.54) is 0 Å². The van der Waals surface area contributed by atoms with Crippen LogP contribution in [0.1, 0.15) is 20.8 Å². The second-order valence-corrected chi connectivity index (χ2v) is 3.88. The first-order valence-electron chi connectivity index (χ1n) is 4.01. The van der Waals surface area contributed by atoms with Crippen molar-refractivity contribution in [3.63, 3.8) is 0 Å². The molecule has 4 N–H and O–H groups in total. The van der Waals surface area contributed by atoms with Crippen molar-refractivity contribution in [2.45, 2.75) is 20.8 Å². The van der Waals surface area contributed by atoms with Crippen LogP contribution in [0.5, 0.6) is 0 Å². The van der Waals surface area contributed by atoms with Gasteiger partial charge in [-0.1, -0.05) is 20.8 Å². The van der Waals surface area contributed by atoms with Gasteiger partial charge in [0.2, 0.25) is 5.84 Å². The number of hydrazine groups is 1. The minimum absolute atomic E-state index is 0.0281. The van der Waals surface area contributed by atoms with Crippen molar-refractivity contribution in [3.8, 4) is 0 Å². The summed E-state index contributed by atoms with van der Waals surface area (Å²) >= 11 is 0.